The van der Waals surface area contributed by atoms with E-state index in [-0.39, 0.29) is 6.04 Å². The van der Waals surface area contributed by atoms with Crippen LogP contribution in [0, 0.1) is 0 Å². The summed E-state index contributed by atoms with van der Waals surface area (Å²) in [6.45, 7) is 9.62. The quantitative estimate of drug-likeness (QED) is 0.791. The summed E-state index contributed by atoms with van der Waals surface area (Å²) >= 11 is 0. The van der Waals surface area contributed by atoms with E-state index in [0.29, 0.717) is 5.92 Å². The van der Waals surface area contributed by atoms with Crippen LogP contribution in [0.2, 0.25) is 0 Å². The summed E-state index contributed by atoms with van der Waals surface area (Å²) in [4.78, 5) is 12.5. The highest BCUT2D eigenvalue weighted by Gasteiger charge is 2.24. The van der Waals surface area contributed by atoms with Crippen LogP contribution in [0.15, 0.2) is 19.0 Å². The van der Waals surface area contributed by atoms with E-state index in [1.807, 2.05) is 19.3 Å². The van der Waals surface area contributed by atoms with Crippen molar-refractivity contribution in [3.8, 4) is 0 Å². The molecule has 0 aromatic carbocycles. The average molecular weight is 314 g/mol. The maximum atomic E-state index is 10.1. The summed E-state index contributed by atoms with van der Waals surface area (Å²) < 4.78 is 0. The second-order valence-corrected chi connectivity index (χ2v) is 7.17. The third kappa shape index (κ3) is 3.24. The van der Waals surface area contributed by atoms with Gasteiger partial charge in [-0.2, -0.15) is 0 Å². The molecule has 1 atom stereocenters. The molecule has 2 aromatic heterocycles. The van der Waals surface area contributed by atoms with Crippen molar-refractivity contribution >= 4 is 16.9 Å². The van der Waals surface area contributed by atoms with E-state index in [0.717, 1.165) is 28.1 Å². The lowest BCUT2D eigenvalue weighted by molar-refractivity contribution is 0.0503. The van der Waals surface area contributed by atoms with Crippen LogP contribution in [-0.2, 0) is 0 Å². The fraction of sp³-hybridized carbons (Fsp3) is 0.556. The molecule has 0 saturated heterocycles. The average Bonchev–Trinajstić information content (AvgIpc) is 3.15. The number of hydrogen-bond donors (Lipinski definition) is 3. The summed E-state index contributed by atoms with van der Waals surface area (Å²) in [5.74, 6) is 0.533. The molecule has 0 bridgehead atoms. The van der Waals surface area contributed by atoms with Gasteiger partial charge >= 0.3 is 0 Å². The number of aromatic amines is 1. The second kappa shape index (κ2) is 5.96. The number of aromatic nitrogens is 3. The Labute approximate surface area is 137 Å². The number of H-pyrrole nitrogens is 1. The van der Waals surface area contributed by atoms with E-state index in [4.69, 9.17) is 4.98 Å². The van der Waals surface area contributed by atoms with Gasteiger partial charge in [-0.3, -0.25) is 0 Å². The third-order valence-corrected chi connectivity index (χ3v) is 4.95. The van der Waals surface area contributed by atoms with Crippen molar-refractivity contribution in [1.82, 2.24) is 20.3 Å². The van der Waals surface area contributed by atoms with Gasteiger partial charge in [0.15, 0.2) is 5.65 Å². The van der Waals surface area contributed by atoms with Gasteiger partial charge < -0.3 is 15.4 Å². The normalized spacial score (nSPS) is 17.6. The molecule has 0 spiro atoms. The molecule has 5 heteroatoms. The molecule has 1 saturated carbocycles. The fourth-order valence-corrected chi connectivity index (χ4v) is 3.07. The van der Waals surface area contributed by atoms with Crippen LogP contribution in [0.4, 0.5) is 0 Å². The molecular formula is C18H26N4O. The molecule has 0 amide bonds. The van der Waals surface area contributed by atoms with Gasteiger partial charge in [0.25, 0.3) is 0 Å². The highest BCUT2D eigenvalue weighted by atomic mass is 16.3. The molecule has 2 aromatic rings. The zero-order chi connectivity index (χ0) is 16.6. The lowest BCUT2D eigenvalue weighted by Crippen LogP contribution is -2.43. The highest BCUT2D eigenvalue weighted by Crippen LogP contribution is 2.33. The lowest BCUT2D eigenvalue weighted by atomic mass is 10.00. The van der Waals surface area contributed by atoms with Crippen LogP contribution in [0.25, 0.3) is 16.9 Å². The van der Waals surface area contributed by atoms with Crippen molar-refractivity contribution in [2.24, 2.45) is 0 Å². The number of aliphatic hydroxyl groups is 1. The van der Waals surface area contributed by atoms with Crippen LogP contribution in [0.1, 0.15) is 63.6 Å². The topological polar surface area (TPSA) is 73.8 Å². The predicted octanol–water partition coefficient (Wildman–Crippen LogP) is 3.34. The summed E-state index contributed by atoms with van der Waals surface area (Å²) in [6, 6.07) is -0.120. The van der Waals surface area contributed by atoms with Gasteiger partial charge in [-0.1, -0.05) is 19.4 Å². The van der Waals surface area contributed by atoms with E-state index in [9.17, 15) is 5.11 Å². The van der Waals surface area contributed by atoms with E-state index < -0.39 is 5.60 Å². The minimum absolute atomic E-state index is 0.120. The summed E-state index contributed by atoms with van der Waals surface area (Å²) in [7, 11) is 0. The molecule has 0 radical (unpaired) electrons. The Morgan fingerprint density at radius 2 is 2.13 bits per heavy atom. The molecule has 1 aliphatic carbocycles. The van der Waals surface area contributed by atoms with Crippen LogP contribution in [-0.4, -0.2) is 31.7 Å². The standard InChI is InChI=1S/C18H26N4O/c1-11(21-12(2)18(3,4)23)14-9-19-17-16(14)22-15(10-20-17)13-7-5-6-8-13/h9-10,12-13,21,23H,1,5-8H2,2-4H3,(H,19,20)/t12-/m0/s1. The molecule has 3 N–H and O–H groups in total. The Bertz CT molecular complexity index is 707. The van der Waals surface area contributed by atoms with Gasteiger partial charge in [0, 0.05) is 23.4 Å². The zero-order valence-electron chi connectivity index (χ0n) is 14.2. The minimum Gasteiger partial charge on any atom is -0.388 e. The summed E-state index contributed by atoms with van der Waals surface area (Å²) in [5.41, 5.74) is 3.57. The fourth-order valence-electron chi connectivity index (χ4n) is 3.07. The van der Waals surface area contributed by atoms with Gasteiger partial charge in [0.2, 0.25) is 0 Å². The number of fused-ring (bicyclic) bond motifs is 1. The Hall–Kier alpha value is -1.88. The van der Waals surface area contributed by atoms with Crippen molar-refractivity contribution in [1.29, 1.82) is 0 Å². The van der Waals surface area contributed by atoms with Gasteiger partial charge in [0.05, 0.1) is 23.5 Å². The van der Waals surface area contributed by atoms with Crippen molar-refractivity contribution in [3.05, 3.63) is 30.2 Å². The molecule has 23 heavy (non-hydrogen) atoms. The number of hydrogen-bond acceptors (Lipinski definition) is 4. The molecule has 3 rings (SSSR count). The number of nitrogens with zero attached hydrogens (tertiary/aromatic N) is 2. The first-order chi connectivity index (χ1) is 10.9. The van der Waals surface area contributed by atoms with Crippen molar-refractivity contribution < 1.29 is 5.11 Å². The van der Waals surface area contributed by atoms with Gasteiger partial charge in [-0.25, -0.2) is 9.97 Å². The molecule has 0 aliphatic heterocycles. The van der Waals surface area contributed by atoms with Crippen molar-refractivity contribution in [2.75, 3.05) is 0 Å². The van der Waals surface area contributed by atoms with Crippen LogP contribution < -0.4 is 5.32 Å². The molecule has 0 unspecified atom stereocenters. The number of rotatable bonds is 5. The van der Waals surface area contributed by atoms with E-state index in [1.165, 1.54) is 25.7 Å². The Kier molecular flexibility index (Phi) is 4.15. The smallest absolute Gasteiger partial charge is 0.156 e. The molecule has 1 aliphatic rings. The molecule has 5 nitrogen and oxygen atoms in total. The summed E-state index contributed by atoms with van der Waals surface area (Å²) in [5, 5.41) is 13.4. The number of nitrogens with one attached hydrogen (secondary N) is 2. The van der Waals surface area contributed by atoms with Gasteiger partial charge in [-0.05, 0) is 33.6 Å². The van der Waals surface area contributed by atoms with Crippen LogP contribution >= 0.6 is 0 Å². The predicted molar refractivity (Wildman–Crippen MR) is 93.0 cm³/mol. The van der Waals surface area contributed by atoms with Crippen molar-refractivity contribution in [2.45, 2.75) is 64.0 Å². The first-order valence-electron chi connectivity index (χ1n) is 8.38. The third-order valence-electron chi connectivity index (χ3n) is 4.95. The maximum Gasteiger partial charge on any atom is 0.156 e. The lowest BCUT2D eigenvalue weighted by Gasteiger charge is -2.28. The zero-order valence-corrected chi connectivity index (χ0v) is 14.2. The monoisotopic (exact) mass is 314 g/mol. The van der Waals surface area contributed by atoms with Crippen LogP contribution in [0.3, 0.4) is 0 Å². The Morgan fingerprint density at radius 1 is 1.43 bits per heavy atom. The Morgan fingerprint density at radius 3 is 2.78 bits per heavy atom. The molecule has 124 valence electrons. The van der Waals surface area contributed by atoms with Gasteiger partial charge in [0.1, 0.15) is 5.52 Å². The molecule has 1 fully saturated rings. The van der Waals surface area contributed by atoms with Crippen LogP contribution in [0.5, 0.6) is 0 Å². The molecular weight excluding hydrogens is 288 g/mol. The first-order valence-corrected chi connectivity index (χ1v) is 8.38. The van der Waals surface area contributed by atoms with Crippen molar-refractivity contribution in [3.63, 3.8) is 0 Å². The maximum absolute atomic E-state index is 10.1. The largest absolute Gasteiger partial charge is 0.388 e. The first kappa shape index (κ1) is 16.0. The summed E-state index contributed by atoms with van der Waals surface area (Å²) in [6.07, 6.45) is 8.75. The second-order valence-electron chi connectivity index (χ2n) is 7.17. The highest BCUT2D eigenvalue weighted by molar-refractivity contribution is 5.86. The van der Waals surface area contributed by atoms with E-state index in [2.05, 4.69) is 21.9 Å². The minimum atomic E-state index is -0.824. The Balaban J connectivity index is 1.88. The van der Waals surface area contributed by atoms with E-state index in [1.54, 1.807) is 13.8 Å². The van der Waals surface area contributed by atoms with Gasteiger partial charge in [-0.15, -0.1) is 0 Å². The van der Waals surface area contributed by atoms with E-state index >= 15 is 0 Å². The molecule has 2 heterocycles. The SMILES string of the molecule is C=C(N[C@@H](C)C(C)(C)O)c1c[nH]c2ncc(C3CCCC3)nc12.